The number of rotatable bonds is 0. The van der Waals surface area contributed by atoms with E-state index in [0.717, 1.165) is 24.6 Å². The molecule has 1 unspecified atom stereocenters. The average Bonchev–Trinajstić information content (AvgIpc) is 2.32. The number of nitrogens with one attached hydrogen (secondary N) is 1. The second kappa shape index (κ2) is 3.23. The molecule has 1 atom stereocenters. The van der Waals surface area contributed by atoms with Crippen LogP contribution in [-0.4, -0.2) is 16.3 Å². The Morgan fingerprint density at radius 2 is 2.50 bits per heavy atom. The summed E-state index contributed by atoms with van der Waals surface area (Å²) in [6.07, 6.45) is 1.69. The molecule has 1 aromatic heterocycles. The number of hydrogen-bond donors (Lipinski definition) is 2. The van der Waals surface area contributed by atoms with E-state index >= 15 is 0 Å². The molecule has 0 bridgehead atoms. The Morgan fingerprint density at radius 1 is 1.75 bits per heavy atom. The van der Waals surface area contributed by atoms with E-state index in [1.165, 1.54) is 0 Å². The second-order valence-electron chi connectivity index (χ2n) is 3.12. The Balaban J connectivity index is 0.000000720. The first-order chi connectivity index (χ1) is 5.27. The summed E-state index contributed by atoms with van der Waals surface area (Å²) in [5.74, 6) is 1.62. The van der Waals surface area contributed by atoms with E-state index in [2.05, 4.69) is 17.3 Å². The van der Waals surface area contributed by atoms with Crippen molar-refractivity contribution in [1.82, 2.24) is 9.78 Å². The summed E-state index contributed by atoms with van der Waals surface area (Å²) < 4.78 is 1.92. The van der Waals surface area contributed by atoms with Gasteiger partial charge in [0.1, 0.15) is 5.82 Å². The number of nitrogens with two attached hydrogens (primary N) is 1. The minimum atomic E-state index is 0. The van der Waals surface area contributed by atoms with Gasteiger partial charge in [0, 0.05) is 13.1 Å². The van der Waals surface area contributed by atoms with Crippen LogP contribution in [0.4, 0.5) is 11.5 Å². The molecule has 4 nitrogen and oxygen atoms in total. The van der Waals surface area contributed by atoms with E-state index in [1.807, 2.05) is 4.68 Å². The summed E-state index contributed by atoms with van der Waals surface area (Å²) in [5, 5.41) is 7.37. The molecule has 0 saturated carbocycles. The molecule has 2 heterocycles. The normalized spacial score (nSPS) is 20.6. The molecule has 0 fully saturated rings. The van der Waals surface area contributed by atoms with Crippen molar-refractivity contribution < 1.29 is 0 Å². The van der Waals surface area contributed by atoms with Crippen LogP contribution in [0.1, 0.15) is 6.92 Å². The topological polar surface area (TPSA) is 55.9 Å². The van der Waals surface area contributed by atoms with E-state index in [0.29, 0.717) is 5.92 Å². The van der Waals surface area contributed by atoms with E-state index in [1.54, 1.807) is 6.20 Å². The highest BCUT2D eigenvalue weighted by Crippen LogP contribution is 2.22. The van der Waals surface area contributed by atoms with Crippen LogP contribution in [0, 0.1) is 5.92 Å². The number of nitrogen functional groups attached to an aromatic ring is 1. The van der Waals surface area contributed by atoms with Gasteiger partial charge in [-0.1, -0.05) is 6.92 Å². The largest absolute Gasteiger partial charge is 0.394 e. The lowest BCUT2D eigenvalue weighted by Gasteiger charge is -2.21. The zero-order valence-electron chi connectivity index (χ0n) is 6.95. The van der Waals surface area contributed by atoms with E-state index in [-0.39, 0.29) is 12.4 Å². The predicted molar refractivity (Wildman–Crippen MR) is 51.5 cm³/mol. The highest BCUT2D eigenvalue weighted by molar-refractivity contribution is 5.85. The fourth-order valence-electron chi connectivity index (χ4n) is 1.36. The van der Waals surface area contributed by atoms with E-state index in [9.17, 15) is 0 Å². The minimum Gasteiger partial charge on any atom is -0.394 e. The summed E-state index contributed by atoms with van der Waals surface area (Å²) in [6, 6.07) is 0. The van der Waals surface area contributed by atoms with Crippen LogP contribution < -0.4 is 11.1 Å². The van der Waals surface area contributed by atoms with Gasteiger partial charge < -0.3 is 11.1 Å². The third-order valence-electron chi connectivity index (χ3n) is 1.97. The van der Waals surface area contributed by atoms with Gasteiger partial charge in [0.15, 0.2) is 0 Å². The van der Waals surface area contributed by atoms with Crippen molar-refractivity contribution >= 4 is 23.9 Å². The van der Waals surface area contributed by atoms with Crippen LogP contribution in [0.3, 0.4) is 0 Å². The molecule has 0 amide bonds. The smallest absolute Gasteiger partial charge is 0.147 e. The van der Waals surface area contributed by atoms with Gasteiger partial charge in [0.25, 0.3) is 0 Å². The third kappa shape index (κ3) is 1.34. The Labute approximate surface area is 77.5 Å². The maximum Gasteiger partial charge on any atom is 0.147 e. The standard InChI is InChI=1S/C7H12N4.ClH/c1-5-2-9-7-6(8)3-10-11(7)4-5;/h3,5,9H,2,4,8H2,1H3;1H. The van der Waals surface area contributed by atoms with E-state index < -0.39 is 0 Å². The number of hydrogen-bond acceptors (Lipinski definition) is 3. The monoisotopic (exact) mass is 188 g/mol. The first-order valence-corrected chi connectivity index (χ1v) is 3.82. The van der Waals surface area contributed by atoms with Crippen LogP contribution in [0.2, 0.25) is 0 Å². The summed E-state index contributed by atoms with van der Waals surface area (Å²) in [4.78, 5) is 0. The molecule has 1 aromatic rings. The molecule has 0 saturated heterocycles. The van der Waals surface area contributed by atoms with Crippen LogP contribution >= 0.6 is 12.4 Å². The quantitative estimate of drug-likeness (QED) is 0.638. The van der Waals surface area contributed by atoms with Crippen molar-refractivity contribution in [2.45, 2.75) is 13.5 Å². The summed E-state index contributed by atoms with van der Waals surface area (Å²) in [6.45, 7) is 4.16. The summed E-state index contributed by atoms with van der Waals surface area (Å²) in [7, 11) is 0. The van der Waals surface area contributed by atoms with Gasteiger partial charge in [-0.15, -0.1) is 12.4 Å². The number of nitrogens with zero attached hydrogens (tertiary/aromatic N) is 2. The molecular formula is C7H13ClN4. The molecule has 2 rings (SSSR count). The molecule has 1 aliphatic heterocycles. The second-order valence-corrected chi connectivity index (χ2v) is 3.12. The van der Waals surface area contributed by atoms with Crippen molar-refractivity contribution in [1.29, 1.82) is 0 Å². The van der Waals surface area contributed by atoms with Crippen molar-refractivity contribution in [3.05, 3.63) is 6.20 Å². The fraction of sp³-hybridized carbons (Fsp3) is 0.571. The highest BCUT2D eigenvalue weighted by atomic mass is 35.5. The van der Waals surface area contributed by atoms with E-state index in [4.69, 9.17) is 5.73 Å². The SMILES string of the molecule is CC1CNc2c(N)cnn2C1.Cl. The lowest BCUT2D eigenvalue weighted by molar-refractivity contribution is 0.445. The molecule has 0 aromatic carbocycles. The van der Waals surface area contributed by atoms with Crippen molar-refractivity contribution in [2.75, 3.05) is 17.6 Å². The molecule has 0 aliphatic carbocycles. The van der Waals surface area contributed by atoms with Crippen molar-refractivity contribution in [3.8, 4) is 0 Å². The van der Waals surface area contributed by atoms with Crippen molar-refractivity contribution in [2.24, 2.45) is 5.92 Å². The number of fused-ring (bicyclic) bond motifs is 1. The van der Waals surface area contributed by atoms with Gasteiger partial charge in [-0.2, -0.15) is 5.10 Å². The molecule has 68 valence electrons. The molecule has 0 spiro atoms. The lowest BCUT2D eigenvalue weighted by Crippen LogP contribution is -2.25. The average molecular weight is 189 g/mol. The minimum absolute atomic E-state index is 0. The van der Waals surface area contributed by atoms with Crippen LogP contribution in [0.25, 0.3) is 0 Å². The molecule has 5 heteroatoms. The van der Waals surface area contributed by atoms with Gasteiger partial charge in [-0.05, 0) is 5.92 Å². The molecule has 1 aliphatic rings. The molecule has 0 radical (unpaired) electrons. The lowest BCUT2D eigenvalue weighted by atomic mass is 10.1. The number of anilines is 2. The van der Waals surface area contributed by atoms with Crippen LogP contribution in [-0.2, 0) is 6.54 Å². The Hall–Kier alpha value is -0.900. The van der Waals surface area contributed by atoms with Gasteiger partial charge in [0.05, 0.1) is 11.9 Å². The fourth-order valence-corrected chi connectivity index (χ4v) is 1.36. The first-order valence-electron chi connectivity index (χ1n) is 3.82. The number of aromatic nitrogens is 2. The third-order valence-corrected chi connectivity index (χ3v) is 1.97. The summed E-state index contributed by atoms with van der Waals surface area (Å²) in [5.41, 5.74) is 6.41. The zero-order valence-corrected chi connectivity index (χ0v) is 7.77. The van der Waals surface area contributed by atoms with Gasteiger partial charge in [-0.3, -0.25) is 0 Å². The first kappa shape index (κ1) is 9.19. The molecule has 3 N–H and O–H groups in total. The van der Waals surface area contributed by atoms with Crippen LogP contribution in [0.15, 0.2) is 6.20 Å². The predicted octanol–water partition coefficient (Wildman–Crippen LogP) is 0.949. The Bertz CT molecular complexity index is 270. The van der Waals surface area contributed by atoms with Gasteiger partial charge in [-0.25, -0.2) is 4.68 Å². The maximum absolute atomic E-state index is 5.66. The molecular weight excluding hydrogens is 176 g/mol. The highest BCUT2D eigenvalue weighted by Gasteiger charge is 2.16. The Morgan fingerprint density at radius 3 is 3.25 bits per heavy atom. The van der Waals surface area contributed by atoms with Gasteiger partial charge >= 0.3 is 0 Å². The summed E-state index contributed by atoms with van der Waals surface area (Å²) >= 11 is 0. The van der Waals surface area contributed by atoms with Crippen LogP contribution in [0.5, 0.6) is 0 Å². The maximum atomic E-state index is 5.66. The Kier molecular flexibility index (Phi) is 2.47. The van der Waals surface area contributed by atoms with Gasteiger partial charge in [0.2, 0.25) is 0 Å². The number of halogens is 1. The zero-order chi connectivity index (χ0) is 7.84. The van der Waals surface area contributed by atoms with Crippen molar-refractivity contribution in [3.63, 3.8) is 0 Å². The molecule has 12 heavy (non-hydrogen) atoms.